The Kier molecular flexibility index (Phi) is 4.00. The third kappa shape index (κ3) is 2.69. The molecule has 0 aliphatic carbocycles. The quantitative estimate of drug-likeness (QED) is 0.683. The second-order valence-electron chi connectivity index (χ2n) is 4.89. The Balaban J connectivity index is 1.99. The lowest BCUT2D eigenvalue weighted by molar-refractivity contribution is -0.382. The van der Waals surface area contributed by atoms with Crippen LogP contribution in [-0.4, -0.2) is 49.3 Å². The number of ether oxygens (including phenoxy) is 1. The first-order valence-electron chi connectivity index (χ1n) is 6.72. The number of likely N-dealkylation sites (N-methyl/N-ethyl adjacent to an activating group) is 1. The first kappa shape index (κ1) is 14.2. The summed E-state index contributed by atoms with van der Waals surface area (Å²) in [5.74, 6) is 0. The van der Waals surface area contributed by atoms with Gasteiger partial charge in [-0.25, -0.2) is 4.98 Å². The maximum atomic E-state index is 11.5. The number of nitrogens with one attached hydrogen (secondary N) is 1. The molecule has 1 aliphatic rings. The van der Waals surface area contributed by atoms with Crippen molar-refractivity contribution in [3.63, 3.8) is 0 Å². The van der Waals surface area contributed by atoms with Crippen LogP contribution in [0.25, 0.3) is 10.2 Å². The highest BCUT2D eigenvalue weighted by Crippen LogP contribution is 2.37. The van der Waals surface area contributed by atoms with Crippen molar-refractivity contribution in [3.05, 3.63) is 27.8 Å². The molecule has 0 bridgehead atoms. The minimum absolute atomic E-state index is 0.0366. The molecule has 7 nitrogen and oxygen atoms in total. The first-order chi connectivity index (χ1) is 10.2. The van der Waals surface area contributed by atoms with Crippen LogP contribution in [0, 0.1) is 10.1 Å². The highest BCUT2D eigenvalue weighted by molar-refractivity contribution is 7.16. The van der Waals surface area contributed by atoms with Gasteiger partial charge in [-0.05, 0) is 19.2 Å². The number of nitro groups is 1. The van der Waals surface area contributed by atoms with Crippen LogP contribution >= 0.6 is 11.3 Å². The van der Waals surface area contributed by atoms with Gasteiger partial charge in [-0.2, -0.15) is 0 Å². The van der Waals surface area contributed by atoms with Crippen LogP contribution in [0.15, 0.2) is 17.6 Å². The topological polar surface area (TPSA) is 80.5 Å². The smallest absolute Gasteiger partial charge is 0.319 e. The third-order valence-corrected chi connectivity index (χ3v) is 4.34. The fourth-order valence-electron chi connectivity index (χ4n) is 2.63. The third-order valence-electron chi connectivity index (χ3n) is 3.55. The van der Waals surface area contributed by atoms with Crippen LogP contribution in [0.1, 0.15) is 0 Å². The fourth-order valence-corrected chi connectivity index (χ4v) is 3.31. The van der Waals surface area contributed by atoms with Gasteiger partial charge in [-0.3, -0.25) is 10.1 Å². The van der Waals surface area contributed by atoms with Gasteiger partial charge in [-0.15, -0.1) is 11.3 Å². The monoisotopic (exact) mass is 308 g/mol. The van der Waals surface area contributed by atoms with E-state index >= 15 is 0 Å². The Morgan fingerprint density at radius 3 is 3.24 bits per heavy atom. The van der Waals surface area contributed by atoms with Crippen molar-refractivity contribution in [1.29, 1.82) is 0 Å². The molecule has 0 saturated carbocycles. The zero-order chi connectivity index (χ0) is 14.8. The minimum Gasteiger partial charge on any atom is -0.373 e. The normalized spacial score (nSPS) is 19.1. The van der Waals surface area contributed by atoms with Gasteiger partial charge in [0.05, 0.1) is 27.8 Å². The van der Waals surface area contributed by atoms with Gasteiger partial charge in [0.15, 0.2) is 5.52 Å². The number of hydrogen-bond donors (Lipinski definition) is 1. The average Bonchev–Trinajstić information content (AvgIpc) is 2.95. The van der Waals surface area contributed by atoms with E-state index in [0.717, 1.165) is 11.2 Å². The number of nitro benzene ring substituents is 1. The van der Waals surface area contributed by atoms with E-state index in [9.17, 15) is 10.1 Å². The molecule has 1 aliphatic heterocycles. The standard InChI is InChI=1S/C13H16N4O3S/c1-14-6-9-7-16(4-5-20-9)10-2-3-11-12(15-8-21-11)13(10)17(18)19/h2-3,8-9,14H,4-7H2,1H3. The molecule has 0 amide bonds. The van der Waals surface area contributed by atoms with Crippen LogP contribution in [0.3, 0.4) is 0 Å². The summed E-state index contributed by atoms with van der Waals surface area (Å²) >= 11 is 1.41. The van der Waals surface area contributed by atoms with Gasteiger partial charge in [0, 0.05) is 19.6 Å². The number of rotatable bonds is 4. The minimum atomic E-state index is -0.333. The molecular formula is C13H16N4O3S. The number of anilines is 1. The Bertz CT molecular complexity index is 658. The summed E-state index contributed by atoms with van der Waals surface area (Å²) in [7, 11) is 1.87. The molecule has 1 saturated heterocycles. The molecule has 112 valence electrons. The predicted octanol–water partition coefficient (Wildman–Crippen LogP) is 1.63. The van der Waals surface area contributed by atoms with E-state index in [1.54, 1.807) is 5.51 Å². The molecule has 1 fully saturated rings. The lowest BCUT2D eigenvalue weighted by Gasteiger charge is -2.34. The van der Waals surface area contributed by atoms with Gasteiger partial charge < -0.3 is 15.0 Å². The number of aromatic nitrogens is 1. The molecule has 3 rings (SSSR count). The molecule has 1 N–H and O–H groups in total. The van der Waals surface area contributed by atoms with E-state index in [1.807, 2.05) is 24.1 Å². The van der Waals surface area contributed by atoms with Crippen molar-refractivity contribution in [2.75, 3.05) is 38.2 Å². The SMILES string of the molecule is CNCC1CN(c2ccc3scnc3c2[N+](=O)[O-])CCO1. The summed E-state index contributed by atoms with van der Waals surface area (Å²) in [6.45, 7) is 2.58. The molecule has 0 radical (unpaired) electrons. The highest BCUT2D eigenvalue weighted by atomic mass is 32.1. The number of thiazole rings is 1. The summed E-state index contributed by atoms with van der Waals surface area (Å²) in [6, 6.07) is 3.72. The van der Waals surface area contributed by atoms with Crippen molar-refractivity contribution in [3.8, 4) is 0 Å². The predicted molar refractivity (Wildman–Crippen MR) is 82.2 cm³/mol. The molecule has 21 heavy (non-hydrogen) atoms. The summed E-state index contributed by atoms with van der Waals surface area (Å²) in [4.78, 5) is 17.3. The summed E-state index contributed by atoms with van der Waals surface area (Å²) in [6.07, 6.45) is 0.0366. The number of morpholine rings is 1. The Morgan fingerprint density at radius 1 is 1.62 bits per heavy atom. The van der Waals surface area contributed by atoms with E-state index in [-0.39, 0.29) is 16.7 Å². The van der Waals surface area contributed by atoms with Crippen molar-refractivity contribution in [2.45, 2.75) is 6.10 Å². The first-order valence-corrected chi connectivity index (χ1v) is 7.60. The Morgan fingerprint density at radius 2 is 2.48 bits per heavy atom. The number of hydrogen-bond acceptors (Lipinski definition) is 7. The van der Waals surface area contributed by atoms with Crippen molar-refractivity contribution >= 4 is 32.9 Å². The molecule has 2 heterocycles. The van der Waals surface area contributed by atoms with E-state index < -0.39 is 0 Å². The van der Waals surface area contributed by atoms with Crippen molar-refractivity contribution < 1.29 is 9.66 Å². The zero-order valence-corrected chi connectivity index (χ0v) is 12.4. The lowest BCUT2D eigenvalue weighted by Crippen LogP contribution is -2.46. The summed E-state index contributed by atoms with van der Waals surface area (Å²) in [5.41, 5.74) is 2.84. The zero-order valence-electron chi connectivity index (χ0n) is 11.6. The van der Waals surface area contributed by atoms with Gasteiger partial charge in [0.1, 0.15) is 5.69 Å². The Hall–Kier alpha value is -1.77. The number of nitrogens with zero attached hydrogens (tertiary/aromatic N) is 3. The van der Waals surface area contributed by atoms with Crippen molar-refractivity contribution in [2.24, 2.45) is 0 Å². The van der Waals surface area contributed by atoms with Gasteiger partial charge in [0.2, 0.25) is 0 Å². The molecule has 1 unspecified atom stereocenters. The summed E-state index contributed by atoms with van der Waals surface area (Å²) < 4.78 is 6.49. The molecule has 2 aromatic rings. The molecule has 1 aromatic heterocycles. The van der Waals surface area contributed by atoms with E-state index in [0.29, 0.717) is 30.9 Å². The van der Waals surface area contributed by atoms with Gasteiger partial charge >= 0.3 is 5.69 Å². The molecule has 1 aromatic carbocycles. The van der Waals surface area contributed by atoms with Gasteiger partial charge in [0.25, 0.3) is 0 Å². The van der Waals surface area contributed by atoms with E-state index in [1.165, 1.54) is 11.3 Å². The highest BCUT2D eigenvalue weighted by Gasteiger charge is 2.28. The fraction of sp³-hybridized carbons (Fsp3) is 0.462. The maximum absolute atomic E-state index is 11.5. The van der Waals surface area contributed by atoms with Gasteiger partial charge in [-0.1, -0.05) is 0 Å². The second-order valence-corrected chi connectivity index (χ2v) is 5.77. The second kappa shape index (κ2) is 5.92. The average molecular weight is 308 g/mol. The molecular weight excluding hydrogens is 292 g/mol. The molecule has 0 spiro atoms. The van der Waals surface area contributed by atoms with E-state index in [2.05, 4.69) is 10.3 Å². The lowest BCUT2D eigenvalue weighted by atomic mass is 10.2. The number of benzene rings is 1. The molecule has 1 atom stereocenters. The van der Waals surface area contributed by atoms with Crippen LogP contribution in [0.4, 0.5) is 11.4 Å². The van der Waals surface area contributed by atoms with Crippen LogP contribution in [0.2, 0.25) is 0 Å². The maximum Gasteiger partial charge on any atom is 0.319 e. The Labute approximate surface area is 125 Å². The van der Waals surface area contributed by atoms with Crippen LogP contribution in [-0.2, 0) is 4.74 Å². The van der Waals surface area contributed by atoms with Crippen LogP contribution < -0.4 is 10.2 Å². The number of fused-ring (bicyclic) bond motifs is 1. The summed E-state index contributed by atoms with van der Waals surface area (Å²) in [5, 5.41) is 14.6. The van der Waals surface area contributed by atoms with Crippen molar-refractivity contribution in [1.82, 2.24) is 10.3 Å². The largest absolute Gasteiger partial charge is 0.373 e. The van der Waals surface area contributed by atoms with E-state index in [4.69, 9.17) is 4.74 Å². The van der Waals surface area contributed by atoms with Crippen LogP contribution in [0.5, 0.6) is 0 Å². The molecule has 8 heteroatoms.